The van der Waals surface area contributed by atoms with Crippen LogP contribution in [0.25, 0.3) is 22.1 Å². The Bertz CT molecular complexity index is 761. The molecule has 108 valence electrons. The fourth-order valence-electron chi connectivity index (χ4n) is 2.64. The standard InChI is InChI=1S/C15H17N5O/c1-4-8-17-20(9-5-1)19-15-16-10-13-14(18-15)11-6-2-3-7-12(11)21-13/h2-3,6-7,10,17H,1,4-5,8-9H2,(H,16,18,19). The number of hydrazine groups is 2. The predicted octanol–water partition coefficient (Wildman–Crippen LogP) is 2.69. The Morgan fingerprint density at radius 1 is 1.14 bits per heavy atom. The van der Waals surface area contributed by atoms with E-state index in [0.717, 1.165) is 36.0 Å². The first-order valence-electron chi connectivity index (χ1n) is 7.32. The highest BCUT2D eigenvalue weighted by atomic mass is 16.3. The van der Waals surface area contributed by atoms with E-state index in [-0.39, 0.29) is 0 Å². The van der Waals surface area contributed by atoms with E-state index in [1.165, 1.54) is 12.8 Å². The maximum absolute atomic E-state index is 5.74. The van der Waals surface area contributed by atoms with Gasteiger partial charge in [-0.3, -0.25) is 5.43 Å². The van der Waals surface area contributed by atoms with Crippen molar-refractivity contribution in [3.63, 3.8) is 0 Å². The first kappa shape index (κ1) is 12.6. The predicted molar refractivity (Wildman–Crippen MR) is 81.5 cm³/mol. The summed E-state index contributed by atoms with van der Waals surface area (Å²) in [6.07, 6.45) is 5.33. The molecule has 2 aromatic heterocycles. The van der Waals surface area contributed by atoms with Crippen molar-refractivity contribution in [2.45, 2.75) is 19.3 Å². The van der Waals surface area contributed by atoms with Gasteiger partial charge in [0, 0.05) is 18.5 Å². The summed E-state index contributed by atoms with van der Waals surface area (Å²) in [5, 5.41) is 2.98. The third kappa shape index (κ3) is 2.43. The highest BCUT2D eigenvalue weighted by molar-refractivity contribution is 6.02. The van der Waals surface area contributed by atoms with Gasteiger partial charge >= 0.3 is 0 Å². The van der Waals surface area contributed by atoms with Crippen LogP contribution in [0, 0.1) is 0 Å². The number of aromatic nitrogens is 2. The molecule has 0 atom stereocenters. The molecule has 1 saturated heterocycles. The van der Waals surface area contributed by atoms with Crippen molar-refractivity contribution >= 4 is 28.0 Å². The Labute approximate surface area is 122 Å². The molecule has 2 N–H and O–H groups in total. The van der Waals surface area contributed by atoms with E-state index in [1.54, 1.807) is 6.20 Å². The molecule has 0 unspecified atom stereocenters. The number of hydrogen-bond donors (Lipinski definition) is 2. The van der Waals surface area contributed by atoms with Gasteiger partial charge in [-0.25, -0.2) is 15.4 Å². The molecule has 6 nitrogen and oxygen atoms in total. The molecule has 0 spiro atoms. The Hall–Kier alpha value is -2.18. The summed E-state index contributed by atoms with van der Waals surface area (Å²) in [7, 11) is 0. The summed E-state index contributed by atoms with van der Waals surface area (Å²) >= 11 is 0. The summed E-state index contributed by atoms with van der Waals surface area (Å²) in [4.78, 5) is 8.92. The molecule has 0 aliphatic carbocycles. The average Bonchev–Trinajstić information content (AvgIpc) is 2.68. The van der Waals surface area contributed by atoms with Crippen LogP contribution in [0.4, 0.5) is 5.95 Å². The fraction of sp³-hybridized carbons (Fsp3) is 0.333. The Balaban J connectivity index is 1.67. The first-order valence-corrected chi connectivity index (χ1v) is 7.32. The normalized spacial score (nSPS) is 17.1. The van der Waals surface area contributed by atoms with Crippen molar-refractivity contribution in [1.82, 2.24) is 20.5 Å². The van der Waals surface area contributed by atoms with Gasteiger partial charge in [0.15, 0.2) is 5.58 Å². The van der Waals surface area contributed by atoms with Gasteiger partial charge in [-0.15, -0.1) is 0 Å². The molecule has 0 bridgehead atoms. The monoisotopic (exact) mass is 283 g/mol. The first-order chi connectivity index (χ1) is 10.4. The second kappa shape index (κ2) is 5.31. The topological polar surface area (TPSA) is 66.2 Å². The molecule has 1 aliphatic rings. The van der Waals surface area contributed by atoms with E-state index in [4.69, 9.17) is 4.42 Å². The Kier molecular flexibility index (Phi) is 3.17. The zero-order chi connectivity index (χ0) is 14.1. The largest absolute Gasteiger partial charge is 0.453 e. The molecule has 21 heavy (non-hydrogen) atoms. The van der Waals surface area contributed by atoms with E-state index >= 15 is 0 Å². The van der Waals surface area contributed by atoms with Crippen LogP contribution >= 0.6 is 0 Å². The maximum Gasteiger partial charge on any atom is 0.239 e. The molecule has 6 heteroatoms. The lowest BCUT2D eigenvalue weighted by molar-refractivity contribution is 0.247. The van der Waals surface area contributed by atoms with Gasteiger partial charge in [-0.05, 0) is 25.0 Å². The summed E-state index contributed by atoms with van der Waals surface area (Å²) in [5.41, 5.74) is 8.95. The maximum atomic E-state index is 5.74. The number of para-hydroxylation sites is 1. The van der Waals surface area contributed by atoms with Crippen LogP contribution in [-0.4, -0.2) is 28.2 Å². The molecule has 0 saturated carbocycles. The highest BCUT2D eigenvalue weighted by Crippen LogP contribution is 2.26. The second-order valence-corrected chi connectivity index (χ2v) is 5.24. The van der Waals surface area contributed by atoms with Crippen LogP contribution in [0.15, 0.2) is 34.9 Å². The molecule has 1 aliphatic heterocycles. The zero-order valence-electron chi connectivity index (χ0n) is 11.7. The van der Waals surface area contributed by atoms with Crippen LogP contribution in [0.3, 0.4) is 0 Å². The minimum atomic E-state index is 0.587. The van der Waals surface area contributed by atoms with Gasteiger partial charge < -0.3 is 4.42 Å². The summed E-state index contributed by atoms with van der Waals surface area (Å²) in [6.45, 7) is 1.91. The number of benzene rings is 1. The fourth-order valence-corrected chi connectivity index (χ4v) is 2.64. The van der Waals surface area contributed by atoms with Crippen molar-refractivity contribution in [3.8, 4) is 0 Å². The van der Waals surface area contributed by atoms with Crippen molar-refractivity contribution in [1.29, 1.82) is 0 Å². The average molecular weight is 283 g/mol. The zero-order valence-corrected chi connectivity index (χ0v) is 11.7. The number of nitrogens with zero attached hydrogens (tertiary/aromatic N) is 3. The highest BCUT2D eigenvalue weighted by Gasteiger charge is 2.12. The van der Waals surface area contributed by atoms with Crippen LogP contribution in [0.2, 0.25) is 0 Å². The smallest absolute Gasteiger partial charge is 0.239 e. The number of fused-ring (bicyclic) bond motifs is 3. The van der Waals surface area contributed by atoms with Gasteiger partial charge in [-0.1, -0.05) is 18.6 Å². The van der Waals surface area contributed by atoms with Gasteiger partial charge in [0.2, 0.25) is 5.95 Å². The van der Waals surface area contributed by atoms with E-state index in [2.05, 4.69) is 20.8 Å². The van der Waals surface area contributed by atoms with Gasteiger partial charge in [-0.2, -0.15) is 5.12 Å². The molecule has 4 rings (SSSR count). The number of hydrogen-bond acceptors (Lipinski definition) is 6. The lowest BCUT2D eigenvalue weighted by atomic mass is 10.2. The second-order valence-electron chi connectivity index (χ2n) is 5.24. The minimum Gasteiger partial charge on any atom is -0.453 e. The molecule has 1 aromatic carbocycles. The van der Waals surface area contributed by atoms with E-state index in [0.29, 0.717) is 11.5 Å². The Morgan fingerprint density at radius 2 is 2.10 bits per heavy atom. The van der Waals surface area contributed by atoms with E-state index in [1.807, 2.05) is 29.4 Å². The molecule has 0 radical (unpaired) electrons. The van der Waals surface area contributed by atoms with Gasteiger partial charge in [0.25, 0.3) is 0 Å². The SMILES string of the molecule is c1ccc2c(c1)oc1cnc(NN3CCCCCN3)nc12. The van der Waals surface area contributed by atoms with Crippen LogP contribution in [0.1, 0.15) is 19.3 Å². The molecule has 3 heterocycles. The van der Waals surface area contributed by atoms with E-state index in [9.17, 15) is 0 Å². The van der Waals surface area contributed by atoms with Crippen LogP contribution < -0.4 is 10.9 Å². The molecular weight excluding hydrogens is 266 g/mol. The molecule has 1 fully saturated rings. The minimum absolute atomic E-state index is 0.587. The third-order valence-corrected chi connectivity index (χ3v) is 3.71. The number of furan rings is 1. The van der Waals surface area contributed by atoms with Crippen molar-refractivity contribution < 1.29 is 4.42 Å². The summed E-state index contributed by atoms with van der Waals surface area (Å²) in [5.74, 6) is 0.587. The lowest BCUT2D eigenvalue weighted by Crippen LogP contribution is -2.42. The number of rotatable bonds is 2. The number of anilines is 1. The number of nitrogens with one attached hydrogen (secondary N) is 2. The summed E-state index contributed by atoms with van der Waals surface area (Å²) < 4.78 is 5.74. The van der Waals surface area contributed by atoms with Crippen molar-refractivity contribution in [2.24, 2.45) is 0 Å². The molecule has 0 amide bonds. The Morgan fingerprint density at radius 3 is 3.10 bits per heavy atom. The van der Waals surface area contributed by atoms with Gasteiger partial charge in [0.1, 0.15) is 11.1 Å². The summed E-state index contributed by atoms with van der Waals surface area (Å²) in [6, 6.07) is 7.91. The van der Waals surface area contributed by atoms with Crippen LogP contribution in [0.5, 0.6) is 0 Å². The molecular formula is C15H17N5O. The lowest BCUT2D eigenvalue weighted by Gasteiger charge is -2.21. The van der Waals surface area contributed by atoms with Crippen LogP contribution in [-0.2, 0) is 0 Å². The van der Waals surface area contributed by atoms with Crippen molar-refractivity contribution in [3.05, 3.63) is 30.5 Å². The molecule has 3 aromatic rings. The van der Waals surface area contributed by atoms with E-state index < -0.39 is 0 Å². The van der Waals surface area contributed by atoms with Gasteiger partial charge in [0.05, 0.1) is 6.20 Å². The third-order valence-electron chi connectivity index (χ3n) is 3.71. The quantitative estimate of drug-likeness (QED) is 0.754. The van der Waals surface area contributed by atoms with Crippen molar-refractivity contribution in [2.75, 3.05) is 18.5 Å².